The first-order valence-corrected chi connectivity index (χ1v) is 8.04. The van der Waals surface area contributed by atoms with Gasteiger partial charge in [-0.05, 0) is 59.2 Å². The summed E-state index contributed by atoms with van der Waals surface area (Å²) in [5, 5.41) is 3.72. The van der Waals surface area contributed by atoms with E-state index in [4.69, 9.17) is 6.42 Å². The molecular weight excluding hydrogens is 232 g/mol. The molecule has 1 saturated heterocycles. The summed E-state index contributed by atoms with van der Waals surface area (Å²) in [6.45, 7) is 10.6. The van der Waals surface area contributed by atoms with Gasteiger partial charge in [-0.2, -0.15) is 0 Å². The number of rotatable bonds is 7. The highest BCUT2D eigenvalue weighted by Crippen LogP contribution is 2.25. The van der Waals surface area contributed by atoms with Crippen molar-refractivity contribution in [3.63, 3.8) is 0 Å². The predicted molar refractivity (Wildman–Crippen MR) is 84.3 cm³/mol. The van der Waals surface area contributed by atoms with Crippen molar-refractivity contribution in [2.24, 2.45) is 0 Å². The number of terminal acetylenes is 1. The van der Waals surface area contributed by atoms with Gasteiger partial charge in [-0.1, -0.05) is 19.8 Å². The summed E-state index contributed by atoms with van der Waals surface area (Å²) in [7, 11) is 0. The molecule has 1 N–H and O–H groups in total. The molecule has 0 saturated carbocycles. The third-order valence-electron chi connectivity index (χ3n) is 4.49. The SMILES string of the molecule is C#CCCC(NCCC)C(C)(C)N1CCCCCC1. The van der Waals surface area contributed by atoms with Crippen molar-refractivity contribution < 1.29 is 0 Å². The van der Waals surface area contributed by atoms with E-state index in [1.807, 2.05) is 0 Å². The van der Waals surface area contributed by atoms with Crippen LogP contribution in [0.3, 0.4) is 0 Å². The summed E-state index contributed by atoms with van der Waals surface area (Å²) in [6, 6.07) is 0.501. The van der Waals surface area contributed by atoms with E-state index in [-0.39, 0.29) is 5.54 Å². The summed E-state index contributed by atoms with van der Waals surface area (Å²) in [6.07, 6.45) is 14.1. The van der Waals surface area contributed by atoms with E-state index in [9.17, 15) is 0 Å². The van der Waals surface area contributed by atoms with Crippen molar-refractivity contribution in [2.45, 2.75) is 77.3 Å². The van der Waals surface area contributed by atoms with Crippen LogP contribution in [-0.4, -0.2) is 36.1 Å². The molecule has 1 fully saturated rings. The van der Waals surface area contributed by atoms with Crippen LogP contribution in [0.5, 0.6) is 0 Å². The molecule has 1 rings (SSSR count). The van der Waals surface area contributed by atoms with Gasteiger partial charge >= 0.3 is 0 Å². The van der Waals surface area contributed by atoms with Crippen LogP contribution in [0.2, 0.25) is 0 Å². The summed E-state index contributed by atoms with van der Waals surface area (Å²) < 4.78 is 0. The van der Waals surface area contributed by atoms with E-state index in [1.54, 1.807) is 0 Å². The van der Waals surface area contributed by atoms with Crippen LogP contribution in [0, 0.1) is 12.3 Å². The Labute approximate surface area is 120 Å². The first-order valence-electron chi connectivity index (χ1n) is 8.04. The fourth-order valence-electron chi connectivity index (χ4n) is 3.12. The second-order valence-corrected chi connectivity index (χ2v) is 6.30. The molecule has 0 aliphatic carbocycles. The van der Waals surface area contributed by atoms with Gasteiger partial charge in [0.1, 0.15) is 0 Å². The highest BCUT2D eigenvalue weighted by Gasteiger charge is 2.34. The smallest absolute Gasteiger partial charge is 0.0306 e. The molecule has 0 bridgehead atoms. The third-order valence-corrected chi connectivity index (χ3v) is 4.49. The van der Waals surface area contributed by atoms with Crippen LogP contribution in [0.4, 0.5) is 0 Å². The fourth-order valence-corrected chi connectivity index (χ4v) is 3.12. The van der Waals surface area contributed by atoms with E-state index in [2.05, 4.69) is 36.9 Å². The van der Waals surface area contributed by atoms with E-state index < -0.39 is 0 Å². The highest BCUT2D eigenvalue weighted by atomic mass is 15.2. The zero-order chi connectivity index (χ0) is 14.1. The largest absolute Gasteiger partial charge is 0.312 e. The molecule has 0 aromatic heterocycles. The minimum atomic E-state index is 0.205. The number of likely N-dealkylation sites (tertiary alicyclic amines) is 1. The molecule has 19 heavy (non-hydrogen) atoms. The molecule has 0 spiro atoms. The standard InChI is InChI=1S/C17H32N2/c1-5-7-12-16(18-13-6-2)17(3,4)19-14-10-8-9-11-15-19/h1,16,18H,6-15H2,2-4H3. The second-order valence-electron chi connectivity index (χ2n) is 6.30. The molecule has 1 heterocycles. The normalized spacial score (nSPS) is 19.7. The lowest BCUT2D eigenvalue weighted by molar-refractivity contribution is 0.0806. The lowest BCUT2D eigenvalue weighted by Crippen LogP contribution is -2.58. The Morgan fingerprint density at radius 3 is 2.37 bits per heavy atom. The zero-order valence-electron chi connectivity index (χ0n) is 13.2. The molecule has 1 atom stereocenters. The van der Waals surface area contributed by atoms with Gasteiger partial charge in [0.2, 0.25) is 0 Å². The van der Waals surface area contributed by atoms with Gasteiger partial charge in [0.15, 0.2) is 0 Å². The molecule has 2 heteroatoms. The molecular formula is C17H32N2. The van der Waals surface area contributed by atoms with E-state index in [0.29, 0.717) is 6.04 Å². The van der Waals surface area contributed by atoms with Crippen LogP contribution in [0.25, 0.3) is 0 Å². The molecule has 2 nitrogen and oxygen atoms in total. The molecule has 1 aliphatic rings. The lowest BCUT2D eigenvalue weighted by atomic mass is 9.88. The molecule has 0 aromatic rings. The summed E-state index contributed by atoms with van der Waals surface area (Å²) in [5.41, 5.74) is 0.205. The molecule has 0 amide bonds. The Balaban J connectivity index is 2.67. The molecule has 110 valence electrons. The minimum absolute atomic E-state index is 0.205. The lowest BCUT2D eigenvalue weighted by Gasteiger charge is -2.44. The van der Waals surface area contributed by atoms with E-state index in [0.717, 1.165) is 19.4 Å². The number of nitrogens with zero attached hydrogens (tertiary/aromatic N) is 1. The maximum atomic E-state index is 5.46. The Kier molecular flexibility index (Phi) is 7.49. The van der Waals surface area contributed by atoms with Crippen LogP contribution in [0.1, 0.15) is 65.7 Å². The Morgan fingerprint density at radius 2 is 1.84 bits per heavy atom. The van der Waals surface area contributed by atoms with Gasteiger partial charge in [-0.3, -0.25) is 4.90 Å². The van der Waals surface area contributed by atoms with Crippen molar-refractivity contribution >= 4 is 0 Å². The zero-order valence-corrected chi connectivity index (χ0v) is 13.2. The minimum Gasteiger partial charge on any atom is -0.312 e. The molecule has 0 aromatic carbocycles. The van der Waals surface area contributed by atoms with E-state index in [1.165, 1.54) is 45.2 Å². The molecule has 1 unspecified atom stereocenters. The van der Waals surface area contributed by atoms with Gasteiger partial charge in [0.25, 0.3) is 0 Å². The van der Waals surface area contributed by atoms with Crippen molar-refractivity contribution in [3.05, 3.63) is 0 Å². The predicted octanol–water partition coefficient (Wildman–Crippen LogP) is 3.42. The van der Waals surface area contributed by atoms with E-state index >= 15 is 0 Å². The van der Waals surface area contributed by atoms with Gasteiger partial charge in [-0.15, -0.1) is 12.3 Å². The fraction of sp³-hybridized carbons (Fsp3) is 0.882. The Morgan fingerprint density at radius 1 is 1.21 bits per heavy atom. The maximum absolute atomic E-state index is 5.46. The molecule has 1 aliphatic heterocycles. The Bertz CT molecular complexity index is 269. The topological polar surface area (TPSA) is 15.3 Å². The quantitative estimate of drug-likeness (QED) is 0.709. The average Bonchev–Trinajstić information content (AvgIpc) is 2.68. The maximum Gasteiger partial charge on any atom is 0.0306 e. The average molecular weight is 264 g/mol. The summed E-state index contributed by atoms with van der Waals surface area (Å²) in [4.78, 5) is 2.68. The van der Waals surface area contributed by atoms with Crippen molar-refractivity contribution in [3.8, 4) is 12.3 Å². The van der Waals surface area contributed by atoms with Gasteiger partial charge < -0.3 is 5.32 Å². The van der Waals surface area contributed by atoms with Gasteiger partial charge in [0.05, 0.1) is 0 Å². The van der Waals surface area contributed by atoms with Crippen LogP contribution in [-0.2, 0) is 0 Å². The van der Waals surface area contributed by atoms with Crippen molar-refractivity contribution in [1.29, 1.82) is 0 Å². The van der Waals surface area contributed by atoms with Crippen LogP contribution in [0.15, 0.2) is 0 Å². The van der Waals surface area contributed by atoms with Crippen LogP contribution < -0.4 is 5.32 Å². The second kappa shape index (κ2) is 8.61. The summed E-state index contributed by atoms with van der Waals surface area (Å²) in [5.74, 6) is 2.80. The number of hydrogen-bond donors (Lipinski definition) is 1. The highest BCUT2D eigenvalue weighted by molar-refractivity contribution is 4.97. The number of hydrogen-bond acceptors (Lipinski definition) is 2. The van der Waals surface area contributed by atoms with Gasteiger partial charge in [0, 0.05) is 18.0 Å². The third kappa shape index (κ3) is 5.16. The van der Waals surface area contributed by atoms with Crippen molar-refractivity contribution in [1.82, 2.24) is 10.2 Å². The van der Waals surface area contributed by atoms with Crippen molar-refractivity contribution in [2.75, 3.05) is 19.6 Å². The van der Waals surface area contributed by atoms with Gasteiger partial charge in [-0.25, -0.2) is 0 Å². The monoisotopic (exact) mass is 264 g/mol. The summed E-state index contributed by atoms with van der Waals surface area (Å²) >= 11 is 0. The first-order chi connectivity index (χ1) is 9.12. The molecule has 0 radical (unpaired) electrons. The number of nitrogens with one attached hydrogen (secondary N) is 1. The first kappa shape index (κ1) is 16.5. The Hall–Kier alpha value is -0.520. The van der Waals surface area contributed by atoms with Crippen LogP contribution >= 0.6 is 0 Å².